The molecule has 0 fully saturated rings. The minimum absolute atomic E-state index is 0.0993. The van der Waals surface area contributed by atoms with Crippen LogP contribution in [-0.4, -0.2) is 19.8 Å². The number of hydrogen-bond acceptors (Lipinski definition) is 1. The van der Waals surface area contributed by atoms with Crippen molar-refractivity contribution >= 4 is 0 Å². The molecule has 0 aliphatic carbocycles. The normalized spacial score (nSPS) is 11.5. The fraction of sp³-hybridized carbons (Fsp3) is 1.00. The van der Waals surface area contributed by atoms with Gasteiger partial charge in [0.1, 0.15) is 6.61 Å². The van der Waals surface area contributed by atoms with Crippen LogP contribution < -0.4 is 0 Å². The van der Waals surface area contributed by atoms with Crippen LogP contribution in [0.2, 0.25) is 0 Å². The van der Waals surface area contributed by atoms with Gasteiger partial charge in [-0.05, 0) is 12.3 Å². The highest BCUT2D eigenvalue weighted by molar-refractivity contribution is 4.50. The van der Waals surface area contributed by atoms with Gasteiger partial charge in [0.15, 0.2) is 0 Å². The molecule has 0 bridgehead atoms. The molecular weight excluding hydrogens is 272 g/mol. The maximum absolute atomic E-state index is 10.2. The molecule has 2 nitrogen and oxygen atoms in total. The van der Waals surface area contributed by atoms with E-state index in [9.17, 15) is 5.11 Å². The first-order valence-electron chi connectivity index (χ1n) is 9.93. The van der Waals surface area contributed by atoms with Crippen molar-refractivity contribution in [1.82, 2.24) is 0 Å². The predicted molar refractivity (Wildman–Crippen MR) is 95.8 cm³/mol. The predicted octanol–water partition coefficient (Wildman–Crippen LogP) is 6.55. The van der Waals surface area contributed by atoms with Gasteiger partial charge in [-0.3, -0.25) is 0 Å². The van der Waals surface area contributed by atoms with E-state index in [0.717, 1.165) is 18.9 Å². The Hall–Kier alpha value is -0.0800. The van der Waals surface area contributed by atoms with Crippen molar-refractivity contribution in [1.29, 1.82) is 0 Å². The molecule has 0 heterocycles. The third kappa shape index (κ3) is 19.9. The molecular formula is C20H41O2. The third-order valence-corrected chi connectivity index (χ3v) is 4.30. The Morgan fingerprint density at radius 2 is 1.00 bits per heavy atom. The van der Waals surface area contributed by atoms with E-state index in [4.69, 9.17) is 4.74 Å². The summed E-state index contributed by atoms with van der Waals surface area (Å²) in [5, 5.41) is 10.2. The van der Waals surface area contributed by atoms with E-state index in [-0.39, 0.29) is 6.61 Å². The van der Waals surface area contributed by atoms with E-state index < -0.39 is 0 Å². The SMILES string of the molecule is CC(C)CCCCCCCCCCCCCCCOCC[O]. The highest BCUT2D eigenvalue weighted by Crippen LogP contribution is 2.14. The van der Waals surface area contributed by atoms with Crippen LogP contribution in [0, 0.1) is 5.92 Å². The Kier molecular flexibility index (Phi) is 18.9. The van der Waals surface area contributed by atoms with Crippen molar-refractivity contribution in [2.24, 2.45) is 5.92 Å². The van der Waals surface area contributed by atoms with Gasteiger partial charge in [-0.15, -0.1) is 0 Å². The average molecular weight is 314 g/mol. The molecule has 0 saturated heterocycles. The molecule has 22 heavy (non-hydrogen) atoms. The highest BCUT2D eigenvalue weighted by Gasteiger charge is 1.96. The topological polar surface area (TPSA) is 29.1 Å². The third-order valence-electron chi connectivity index (χ3n) is 4.30. The van der Waals surface area contributed by atoms with Crippen LogP contribution in [0.15, 0.2) is 0 Å². The van der Waals surface area contributed by atoms with Crippen molar-refractivity contribution in [3.05, 3.63) is 0 Å². The van der Waals surface area contributed by atoms with Crippen molar-refractivity contribution < 1.29 is 9.84 Å². The maximum Gasteiger partial charge on any atom is 0.106 e. The first kappa shape index (κ1) is 21.9. The van der Waals surface area contributed by atoms with Gasteiger partial charge >= 0.3 is 0 Å². The van der Waals surface area contributed by atoms with Gasteiger partial charge in [0, 0.05) is 6.61 Å². The standard InChI is InChI=1S/C20H41O2/c1-20(2)16-14-12-10-8-6-4-3-5-7-9-11-13-15-18-22-19-17-21/h20H,3-19H2,1-2H3. The molecule has 0 aliphatic heterocycles. The Balaban J connectivity index is 2.94. The zero-order chi connectivity index (χ0) is 16.3. The minimum atomic E-state index is -0.0993. The fourth-order valence-electron chi connectivity index (χ4n) is 2.86. The number of hydrogen-bond donors (Lipinski definition) is 0. The van der Waals surface area contributed by atoms with E-state index >= 15 is 0 Å². The molecule has 0 unspecified atom stereocenters. The van der Waals surface area contributed by atoms with Crippen LogP contribution in [0.1, 0.15) is 104 Å². The molecule has 0 N–H and O–H groups in total. The van der Waals surface area contributed by atoms with Crippen LogP contribution in [0.3, 0.4) is 0 Å². The van der Waals surface area contributed by atoms with Crippen LogP contribution in [0.25, 0.3) is 0 Å². The van der Waals surface area contributed by atoms with E-state index in [1.54, 1.807) is 0 Å². The summed E-state index contributed by atoms with van der Waals surface area (Å²) in [6, 6.07) is 0. The van der Waals surface area contributed by atoms with Gasteiger partial charge in [-0.25, -0.2) is 5.11 Å². The number of ether oxygens (including phenoxy) is 1. The minimum Gasteiger partial charge on any atom is -0.379 e. The molecule has 133 valence electrons. The van der Waals surface area contributed by atoms with E-state index in [1.165, 1.54) is 83.5 Å². The summed E-state index contributed by atoms with van der Waals surface area (Å²) in [5.74, 6) is 0.880. The summed E-state index contributed by atoms with van der Waals surface area (Å²) in [6.07, 6.45) is 19.4. The summed E-state index contributed by atoms with van der Waals surface area (Å²) in [4.78, 5) is 0. The quantitative estimate of drug-likeness (QED) is 0.264. The molecule has 0 aromatic carbocycles. The summed E-state index contributed by atoms with van der Waals surface area (Å²) < 4.78 is 5.19. The zero-order valence-electron chi connectivity index (χ0n) is 15.4. The number of rotatable bonds is 18. The lowest BCUT2D eigenvalue weighted by atomic mass is 10.0. The monoisotopic (exact) mass is 313 g/mol. The lowest BCUT2D eigenvalue weighted by Crippen LogP contribution is -1.99. The summed E-state index contributed by atoms with van der Waals surface area (Å²) >= 11 is 0. The molecule has 0 amide bonds. The lowest BCUT2D eigenvalue weighted by molar-refractivity contribution is 0.0618. The van der Waals surface area contributed by atoms with Crippen LogP contribution in [0.5, 0.6) is 0 Å². The van der Waals surface area contributed by atoms with E-state index in [2.05, 4.69) is 13.8 Å². The number of unbranched alkanes of at least 4 members (excludes halogenated alkanes) is 12. The zero-order valence-corrected chi connectivity index (χ0v) is 15.4. The second-order valence-electron chi connectivity index (χ2n) is 7.10. The molecule has 0 aromatic heterocycles. The maximum atomic E-state index is 10.2. The van der Waals surface area contributed by atoms with Gasteiger partial charge in [0.05, 0.1) is 6.61 Å². The van der Waals surface area contributed by atoms with Crippen LogP contribution >= 0.6 is 0 Å². The Morgan fingerprint density at radius 1 is 0.591 bits per heavy atom. The Labute approximate surface area is 140 Å². The van der Waals surface area contributed by atoms with Crippen molar-refractivity contribution in [3.63, 3.8) is 0 Å². The van der Waals surface area contributed by atoms with Gasteiger partial charge < -0.3 is 4.74 Å². The highest BCUT2D eigenvalue weighted by atomic mass is 16.5. The molecule has 0 rings (SSSR count). The van der Waals surface area contributed by atoms with E-state index in [1.807, 2.05) is 0 Å². The second kappa shape index (κ2) is 19.0. The summed E-state index contributed by atoms with van der Waals surface area (Å²) in [5.41, 5.74) is 0. The van der Waals surface area contributed by atoms with Crippen molar-refractivity contribution in [2.45, 2.75) is 104 Å². The molecule has 0 aromatic rings. The molecule has 0 aliphatic rings. The van der Waals surface area contributed by atoms with Crippen LogP contribution in [-0.2, 0) is 9.84 Å². The summed E-state index contributed by atoms with van der Waals surface area (Å²) in [7, 11) is 0. The molecule has 0 spiro atoms. The van der Waals surface area contributed by atoms with Gasteiger partial charge in [0.2, 0.25) is 0 Å². The molecule has 0 saturated carbocycles. The average Bonchev–Trinajstić information content (AvgIpc) is 2.50. The van der Waals surface area contributed by atoms with Gasteiger partial charge in [-0.1, -0.05) is 97.3 Å². The Bertz CT molecular complexity index is 192. The molecule has 2 heteroatoms. The summed E-state index contributed by atoms with van der Waals surface area (Å²) in [6.45, 7) is 5.71. The first-order valence-corrected chi connectivity index (χ1v) is 9.93. The second-order valence-corrected chi connectivity index (χ2v) is 7.10. The van der Waals surface area contributed by atoms with Gasteiger partial charge in [0.25, 0.3) is 0 Å². The van der Waals surface area contributed by atoms with Crippen molar-refractivity contribution in [3.8, 4) is 0 Å². The smallest absolute Gasteiger partial charge is 0.106 e. The van der Waals surface area contributed by atoms with Crippen LogP contribution in [0.4, 0.5) is 0 Å². The Morgan fingerprint density at radius 3 is 1.41 bits per heavy atom. The molecule has 1 radical (unpaired) electrons. The largest absolute Gasteiger partial charge is 0.379 e. The van der Waals surface area contributed by atoms with E-state index in [0.29, 0.717) is 6.61 Å². The fourth-order valence-corrected chi connectivity index (χ4v) is 2.86. The first-order chi connectivity index (χ1) is 10.8. The van der Waals surface area contributed by atoms with Gasteiger partial charge in [-0.2, -0.15) is 0 Å². The van der Waals surface area contributed by atoms with Crippen molar-refractivity contribution in [2.75, 3.05) is 19.8 Å². The molecule has 0 atom stereocenters. The lowest BCUT2D eigenvalue weighted by Gasteiger charge is -2.05.